The predicted octanol–water partition coefficient (Wildman–Crippen LogP) is -0.394. The third kappa shape index (κ3) is 5.44. The molecule has 0 radical (unpaired) electrons. The lowest BCUT2D eigenvalue weighted by Crippen LogP contribution is -2.49. The third-order valence-corrected chi connectivity index (χ3v) is 3.48. The van der Waals surface area contributed by atoms with Gasteiger partial charge in [0.25, 0.3) is 0 Å². The van der Waals surface area contributed by atoms with Crippen molar-refractivity contribution in [3.05, 3.63) is 0 Å². The Morgan fingerprint density at radius 3 is 2.53 bits per heavy atom. The molecule has 1 rings (SSSR count). The fourth-order valence-electron chi connectivity index (χ4n) is 2.27. The first-order valence-corrected chi connectivity index (χ1v) is 6.63. The summed E-state index contributed by atoms with van der Waals surface area (Å²) in [6.07, 6.45) is 4.93. The van der Waals surface area contributed by atoms with Crippen LogP contribution in [-0.4, -0.2) is 65.9 Å². The van der Waals surface area contributed by atoms with Crippen LogP contribution in [0.4, 0.5) is 4.79 Å². The molecule has 0 aromatic heterocycles. The summed E-state index contributed by atoms with van der Waals surface area (Å²) in [7, 11) is 2.03. The number of aliphatic hydroxyl groups excluding tert-OH is 1. The number of carboxylic acids is 1. The van der Waals surface area contributed by atoms with Crippen LogP contribution in [0.15, 0.2) is 0 Å². The van der Waals surface area contributed by atoms with Crippen LogP contribution in [0.3, 0.4) is 0 Å². The van der Waals surface area contributed by atoms with E-state index in [0.717, 1.165) is 6.54 Å². The second kappa shape index (κ2) is 7.96. The van der Waals surface area contributed by atoms with Gasteiger partial charge in [0.2, 0.25) is 0 Å². The number of likely N-dealkylation sites (N-methyl/N-ethyl adjacent to an activating group) is 1. The van der Waals surface area contributed by atoms with Crippen LogP contribution < -0.4 is 10.6 Å². The first-order chi connectivity index (χ1) is 9.04. The quantitative estimate of drug-likeness (QED) is 0.506. The monoisotopic (exact) mass is 273 g/mol. The van der Waals surface area contributed by atoms with E-state index in [2.05, 4.69) is 15.5 Å². The Morgan fingerprint density at radius 2 is 2.00 bits per heavy atom. The largest absolute Gasteiger partial charge is 0.480 e. The molecule has 0 unspecified atom stereocenters. The van der Waals surface area contributed by atoms with Crippen LogP contribution in [0.1, 0.15) is 25.7 Å². The number of hydrogen-bond acceptors (Lipinski definition) is 4. The van der Waals surface area contributed by atoms with Crippen molar-refractivity contribution in [2.75, 3.05) is 26.7 Å². The second-order valence-corrected chi connectivity index (χ2v) is 4.89. The molecule has 1 aliphatic rings. The van der Waals surface area contributed by atoms with Gasteiger partial charge in [0, 0.05) is 19.1 Å². The highest BCUT2D eigenvalue weighted by molar-refractivity contribution is 5.82. The topological polar surface area (TPSA) is 102 Å². The summed E-state index contributed by atoms with van der Waals surface area (Å²) < 4.78 is 0. The number of carboxylic acid groups (broad SMARTS) is 1. The van der Waals surface area contributed by atoms with Gasteiger partial charge in [-0.15, -0.1) is 0 Å². The van der Waals surface area contributed by atoms with Gasteiger partial charge in [0.05, 0.1) is 6.61 Å². The number of hydrogen-bond donors (Lipinski definition) is 4. The lowest BCUT2D eigenvalue weighted by Gasteiger charge is -2.24. The summed E-state index contributed by atoms with van der Waals surface area (Å²) in [5, 5.41) is 22.2. The average Bonchev–Trinajstić information content (AvgIpc) is 2.89. The van der Waals surface area contributed by atoms with Crippen LogP contribution in [-0.2, 0) is 4.79 Å². The number of carbonyl (C=O) groups excluding carboxylic acids is 1. The zero-order valence-corrected chi connectivity index (χ0v) is 11.3. The summed E-state index contributed by atoms with van der Waals surface area (Å²) in [5.41, 5.74) is 0. The minimum atomic E-state index is -1.26. The molecule has 7 nitrogen and oxygen atoms in total. The number of urea groups is 1. The van der Waals surface area contributed by atoms with Crippen LogP contribution in [0.25, 0.3) is 0 Å². The molecule has 1 fully saturated rings. The fourth-order valence-corrected chi connectivity index (χ4v) is 2.27. The van der Waals surface area contributed by atoms with Gasteiger partial charge in [-0.1, -0.05) is 12.8 Å². The van der Waals surface area contributed by atoms with Crippen LogP contribution in [0.2, 0.25) is 0 Å². The van der Waals surface area contributed by atoms with E-state index in [-0.39, 0.29) is 0 Å². The zero-order chi connectivity index (χ0) is 14.3. The SMILES string of the molecule is CN(CCNC(=O)N[C@H](CO)C(=O)O)C1CCCC1. The van der Waals surface area contributed by atoms with Crippen molar-refractivity contribution in [2.45, 2.75) is 37.8 Å². The van der Waals surface area contributed by atoms with Crippen LogP contribution in [0, 0.1) is 0 Å². The number of nitrogens with one attached hydrogen (secondary N) is 2. The molecule has 1 saturated carbocycles. The molecule has 4 N–H and O–H groups in total. The highest BCUT2D eigenvalue weighted by atomic mass is 16.4. The van der Waals surface area contributed by atoms with Crippen molar-refractivity contribution >= 4 is 12.0 Å². The van der Waals surface area contributed by atoms with E-state index in [4.69, 9.17) is 10.2 Å². The van der Waals surface area contributed by atoms with Crippen LogP contribution >= 0.6 is 0 Å². The molecule has 0 aliphatic heterocycles. The van der Waals surface area contributed by atoms with Gasteiger partial charge in [-0.25, -0.2) is 9.59 Å². The Kier molecular flexibility index (Phi) is 6.58. The molecule has 0 bridgehead atoms. The van der Waals surface area contributed by atoms with E-state index in [1.807, 2.05) is 7.05 Å². The Labute approximate surface area is 113 Å². The maximum Gasteiger partial charge on any atom is 0.328 e. The molecule has 0 heterocycles. The molecule has 2 amide bonds. The summed E-state index contributed by atoms with van der Waals surface area (Å²) in [5.74, 6) is -1.25. The number of amides is 2. The van der Waals surface area contributed by atoms with E-state index in [0.29, 0.717) is 12.6 Å². The molecule has 110 valence electrons. The molecular formula is C12H23N3O4. The highest BCUT2D eigenvalue weighted by Gasteiger charge is 2.20. The van der Waals surface area contributed by atoms with E-state index in [9.17, 15) is 9.59 Å². The predicted molar refractivity (Wildman–Crippen MR) is 69.9 cm³/mol. The lowest BCUT2D eigenvalue weighted by atomic mass is 10.2. The van der Waals surface area contributed by atoms with Crippen molar-refractivity contribution in [3.8, 4) is 0 Å². The Hall–Kier alpha value is -1.34. The van der Waals surface area contributed by atoms with E-state index >= 15 is 0 Å². The minimum Gasteiger partial charge on any atom is -0.480 e. The van der Waals surface area contributed by atoms with Gasteiger partial charge in [-0.2, -0.15) is 0 Å². The maximum absolute atomic E-state index is 11.4. The summed E-state index contributed by atoms with van der Waals surface area (Å²) in [4.78, 5) is 24.2. The van der Waals surface area contributed by atoms with Crippen molar-refractivity contribution in [2.24, 2.45) is 0 Å². The first kappa shape index (κ1) is 15.7. The summed E-state index contributed by atoms with van der Waals surface area (Å²) in [6, 6.07) is -1.23. The molecule has 1 atom stereocenters. The van der Waals surface area contributed by atoms with Gasteiger partial charge < -0.3 is 25.7 Å². The van der Waals surface area contributed by atoms with Crippen molar-refractivity contribution in [3.63, 3.8) is 0 Å². The number of aliphatic hydroxyl groups is 1. The van der Waals surface area contributed by atoms with Gasteiger partial charge in [0.1, 0.15) is 0 Å². The average molecular weight is 273 g/mol. The number of aliphatic carboxylic acids is 1. The minimum absolute atomic E-state index is 0.455. The lowest BCUT2D eigenvalue weighted by molar-refractivity contribution is -0.140. The second-order valence-electron chi connectivity index (χ2n) is 4.89. The van der Waals surface area contributed by atoms with Crippen molar-refractivity contribution < 1.29 is 19.8 Å². The first-order valence-electron chi connectivity index (χ1n) is 6.63. The van der Waals surface area contributed by atoms with Gasteiger partial charge in [-0.3, -0.25) is 0 Å². The highest BCUT2D eigenvalue weighted by Crippen LogP contribution is 2.21. The number of rotatable bonds is 7. The molecule has 0 aromatic rings. The van der Waals surface area contributed by atoms with Gasteiger partial charge in [0.15, 0.2) is 6.04 Å². The number of nitrogens with zero attached hydrogens (tertiary/aromatic N) is 1. The van der Waals surface area contributed by atoms with Crippen molar-refractivity contribution in [1.29, 1.82) is 0 Å². The molecule has 0 aromatic carbocycles. The summed E-state index contributed by atoms with van der Waals surface area (Å²) in [6.45, 7) is 0.566. The molecule has 0 saturated heterocycles. The van der Waals surface area contributed by atoms with E-state index in [1.54, 1.807) is 0 Å². The van der Waals surface area contributed by atoms with E-state index < -0.39 is 24.6 Å². The normalized spacial score (nSPS) is 17.4. The number of carbonyl (C=O) groups is 2. The van der Waals surface area contributed by atoms with Crippen molar-refractivity contribution in [1.82, 2.24) is 15.5 Å². The Morgan fingerprint density at radius 1 is 1.37 bits per heavy atom. The fraction of sp³-hybridized carbons (Fsp3) is 0.833. The molecule has 19 heavy (non-hydrogen) atoms. The van der Waals surface area contributed by atoms with E-state index in [1.165, 1.54) is 25.7 Å². The van der Waals surface area contributed by atoms with Crippen LogP contribution in [0.5, 0.6) is 0 Å². The smallest absolute Gasteiger partial charge is 0.328 e. The zero-order valence-electron chi connectivity index (χ0n) is 11.3. The van der Waals surface area contributed by atoms with Gasteiger partial charge >= 0.3 is 12.0 Å². The third-order valence-electron chi connectivity index (χ3n) is 3.48. The molecule has 7 heteroatoms. The Bertz CT molecular complexity index is 305. The molecule has 0 spiro atoms. The summed E-state index contributed by atoms with van der Waals surface area (Å²) >= 11 is 0. The van der Waals surface area contributed by atoms with Gasteiger partial charge in [-0.05, 0) is 19.9 Å². The molecular weight excluding hydrogens is 250 g/mol. The Balaban J connectivity index is 2.17. The maximum atomic E-state index is 11.4. The standard InChI is InChI=1S/C12H23N3O4/c1-15(9-4-2-3-5-9)7-6-13-12(19)14-10(8-16)11(17)18/h9-10,16H,2-8H2,1H3,(H,17,18)(H2,13,14,19)/t10-/m1/s1. The molecule has 1 aliphatic carbocycles.